The lowest BCUT2D eigenvalue weighted by Gasteiger charge is -1.97. The van der Waals surface area contributed by atoms with Crippen molar-refractivity contribution in [1.82, 2.24) is 10.1 Å². The Morgan fingerprint density at radius 1 is 1.27 bits per heavy atom. The third kappa shape index (κ3) is 4.15. The topological polar surface area (TPSA) is 76.2 Å². The quantitative estimate of drug-likeness (QED) is 0.847. The fourth-order valence-electron chi connectivity index (χ4n) is 1.84. The van der Waals surface area contributed by atoms with Gasteiger partial charge in [-0.3, -0.25) is 0 Å². The molecular formula is C17H18N2O3. The summed E-state index contributed by atoms with van der Waals surface area (Å²) in [4.78, 5) is 15.3. The lowest BCUT2D eigenvalue weighted by Crippen LogP contribution is -1.96. The van der Waals surface area contributed by atoms with Crippen molar-refractivity contribution in [2.45, 2.75) is 27.2 Å². The zero-order chi connectivity index (χ0) is 16.1. The van der Waals surface area contributed by atoms with Crippen LogP contribution in [0.4, 0.5) is 0 Å². The SMILES string of the molecule is CC(C)=C/C=C(\C)Cc1nc(-c2cccc(C(=O)O)c2)no1. The average molecular weight is 298 g/mol. The molecule has 0 fully saturated rings. The van der Waals surface area contributed by atoms with Crippen LogP contribution >= 0.6 is 0 Å². The van der Waals surface area contributed by atoms with Gasteiger partial charge in [-0.05, 0) is 32.9 Å². The number of carboxylic acid groups (broad SMARTS) is 1. The number of hydrogen-bond donors (Lipinski definition) is 1. The Morgan fingerprint density at radius 2 is 2.05 bits per heavy atom. The number of aromatic nitrogens is 2. The minimum Gasteiger partial charge on any atom is -0.478 e. The summed E-state index contributed by atoms with van der Waals surface area (Å²) in [5, 5.41) is 12.9. The van der Waals surface area contributed by atoms with Crippen LogP contribution in [0.1, 0.15) is 37.0 Å². The molecular weight excluding hydrogens is 280 g/mol. The van der Waals surface area contributed by atoms with Crippen LogP contribution in [0.3, 0.4) is 0 Å². The van der Waals surface area contributed by atoms with Crippen LogP contribution in [0.15, 0.2) is 52.1 Å². The lowest BCUT2D eigenvalue weighted by atomic mass is 10.1. The van der Waals surface area contributed by atoms with E-state index in [9.17, 15) is 4.79 Å². The first-order chi connectivity index (χ1) is 10.5. The molecule has 1 aromatic heterocycles. The van der Waals surface area contributed by atoms with Crippen molar-refractivity contribution in [2.75, 3.05) is 0 Å². The van der Waals surface area contributed by atoms with Crippen LogP contribution in [0.5, 0.6) is 0 Å². The van der Waals surface area contributed by atoms with E-state index in [4.69, 9.17) is 9.63 Å². The highest BCUT2D eigenvalue weighted by atomic mass is 16.5. The van der Waals surface area contributed by atoms with Crippen molar-refractivity contribution in [2.24, 2.45) is 0 Å². The molecule has 0 unspecified atom stereocenters. The Balaban J connectivity index is 2.18. The van der Waals surface area contributed by atoms with Crippen molar-refractivity contribution >= 4 is 5.97 Å². The van der Waals surface area contributed by atoms with E-state index in [1.807, 2.05) is 32.9 Å². The zero-order valence-corrected chi connectivity index (χ0v) is 12.8. The van der Waals surface area contributed by atoms with Crippen LogP contribution in [0.25, 0.3) is 11.4 Å². The maximum Gasteiger partial charge on any atom is 0.335 e. The van der Waals surface area contributed by atoms with Crippen LogP contribution in [0, 0.1) is 0 Å². The molecule has 1 N–H and O–H groups in total. The Hall–Kier alpha value is -2.69. The predicted octanol–water partition coefficient (Wildman–Crippen LogP) is 3.89. The maximum absolute atomic E-state index is 11.0. The second kappa shape index (κ2) is 6.85. The molecule has 0 aliphatic carbocycles. The van der Waals surface area contributed by atoms with Crippen molar-refractivity contribution in [3.63, 3.8) is 0 Å². The van der Waals surface area contributed by atoms with Gasteiger partial charge in [0.05, 0.1) is 5.56 Å². The van der Waals surface area contributed by atoms with Crippen LogP contribution in [0.2, 0.25) is 0 Å². The molecule has 0 amide bonds. The molecule has 114 valence electrons. The maximum atomic E-state index is 11.0. The monoisotopic (exact) mass is 298 g/mol. The fourth-order valence-corrected chi connectivity index (χ4v) is 1.84. The number of aromatic carboxylic acids is 1. The highest BCUT2D eigenvalue weighted by Gasteiger charge is 2.11. The molecule has 0 saturated heterocycles. The summed E-state index contributed by atoms with van der Waals surface area (Å²) in [6.45, 7) is 6.06. The first kappa shape index (κ1) is 15.7. The van der Waals surface area contributed by atoms with Gasteiger partial charge in [0.2, 0.25) is 11.7 Å². The number of benzene rings is 1. The first-order valence-corrected chi connectivity index (χ1v) is 6.92. The van der Waals surface area contributed by atoms with Crippen molar-refractivity contribution in [3.8, 4) is 11.4 Å². The molecule has 1 aromatic carbocycles. The van der Waals surface area contributed by atoms with E-state index < -0.39 is 5.97 Å². The van der Waals surface area contributed by atoms with Gasteiger partial charge in [0.25, 0.3) is 0 Å². The predicted molar refractivity (Wildman–Crippen MR) is 83.6 cm³/mol. The van der Waals surface area contributed by atoms with Gasteiger partial charge in [0.15, 0.2) is 0 Å². The molecule has 0 saturated carbocycles. The molecule has 5 nitrogen and oxygen atoms in total. The van der Waals surface area contributed by atoms with Crippen molar-refractivity contribution in [1.29, 1.82) is 0 Å². The van der Waals surface area contributed by atoms with Gasteiger partial charge in [-0.15, -0.1) is 0 Å². The number of hydrogen-bond acceptors (Lipinski definition) is 4. The Kier molecular flexibility index (Phi) is 4.88. The first-order valence-electron chi connectivity index (χ1n) is 6.92. The van der Waals surface area contributed by atoms with E-state index >= 15 is 0 Å². The second-order valence-corrected chi connectivity index (χ2v) is 5.33. The van der Waals surface area contributed by atoms with E-state index in [0.29, 0.717) is 23.7 Å². The van der Waals surface area contributed by atoms with E-state index in [1.54, 1.807) is 12.1 Å². The van der Waals surface area contributed by atoms with E-state index in [2.05, 4.69) is 10.1 Å². The van der Waals surface area contributed by atoms with E-state index in [0.717, 1.165) is 5.57 Å². The molecule has 0 aliphatic rings. The van der Waals surface area contributed by atoms with Crippen molar-refractivity contribution in [3.05, 3.63) is 59.0 Å². The average Bonchev–Trinajstić information content (AvgIpc) is 2.93. The third-order valence-electron chi connectivity index (χ3n) is 2.97. The highest BCUT2D eigenvalue weighted by molar-refractivity contribution is 5.89. The summed E-state index contributed by atoms with van der Waals surface area (Å²) in [6.07, 6.45) is 4.61. The molecule has 2 rings (SSSR count). The molecule has 1 heterocycles. The van der Waals surface area contributed by atoms with Gasteiger partial charge in [-0.1, -0.05) is 40.6 Å². The molecule has 2 aromatic rings. The molecule has 0 spiro atoms. The largest absolute Gasteiger partial charge is 0.478 e. The standard InChI is InChI=1S/C17H18N2O3/c1-11(2)7-8-12(3)9-15-18-16(19-22-15)13-5-4-6-14(10-13)17(20)21/h4-8,10H,9H2,1-3H3,(H,20,21)/b12-8+. The minimum atomic E-state index is -0.980. The summed E-state index contributed by atoms with van der Waals surface area (Å²) in [5.74, 6) is -0.0779. The zero-order valence-electron chi connectivity index (χ0n) is 12.8. The Bertz CT molecular complexity index is 738. The van der Waals surface area contributed by atoms with Crippen LogP contribution < -0.4 is 0 Å². The van der Waals surface area contributed by atoms with Gasteiger partial charge in [0.1, 0.15) is 0 Å². The smallest absolute Gasteiger partial charge is 0.335 e. The number of allylic oxidation sites excluding steroid dienone is 4. The Labute approximate surface area is 129 Å². The molecule has 0 radical (unpaired) electrons. The normalized spacial score (nSPS) is 11.3. The number of carboxylic acids is 1. The summed E-state index contributed by atoms with van der Waals surface area (Å²) in [7, 11) is 0. The highest BCUT2D eigenvalue weighted by Crippen LogP contribution is 2.18. The molecule has 0 atom stereocenters. The van der Waals surface area contributed by atoms with Crippen LogP contribution in [-0.4, -0.2) is 21.2 Å². The van der Waals surface area contributed by atoms with Crippen LogP contribution in [-0.2, 0) is 6.42 Å². The summed E-state index contributed by atoms with van der Waals surface area (Å²) < 4.78 is 5.23. The fraction of sp³-hybridized carbons (Fsp3) is 0.235. The molecule has 5 heteroatoms. The van der Waals surface area contributed by atoms with E-state index in [-0.39, 0.29) is 5.56 Å². The number of carbonyl (C=O) groups is 1. The summed E-state index contributed by atoms with van der Waals surface area (Å²) in [5.41, 5.74) is 3.15. The third-order valence-corrected chi connectivity index (χ3v) is 2.97. The molecule has 0 aliphatic heterocycles. The van der Waals surface area contributed by atoms with Crippen molar-refractivity contribution < 1.29 is 14.4 Å². The minimum absolute atomic E-state index is 0.198. The Morgan fingerprint density at radius 3 is 2.73 bits per heavy atom. The van der Waals surface area contributed by atoms with Gasteiger partial charge >= 0.3 is 5.97 Å². The van der Waals surface area contributed by atoms with Gasteiger partial charge in [-0.2, -0.15) is 4.98 Å². The summed E-state index contributed by atoms with van der Waals surface area (Å²) in [6, 6.07) is 6.48. The summed E-state index contributed by atoms with van der Waals surface area (Å²) >= 11 is 0. The molecule has 0 bridgehead atoms. The van der Waals surface area contributed by atoms with Gasteiger partial charge in [0, 0.05) is 12.0 Å². The number of nitrogens with zero attached hydrogens (tertiary/aromatic N) is 2. The molecule has 22 heavy (non-hydrogen) atoms. The van der Waals surface area contributed by atoms with Gasteiger partial charge in [-0.25, -0.2) is 4.79 Å². The lowest BCUT2D eigenvalue weighted by molar-refractivity contribution is 0.0697. The van der Waals surface area contributed by atoms with Gasteiger partial charge < -0.3 is 9.63 Å². The number of rotatable bonds is 5. The van der Waals surface area contributed by atoms with E-state index in [1.165, 1.54) is 17.7 Å². The second-order valence-electron chi connectivity index (χ2n) is 5.33.